The number of hydrogen-bond donors (Lipinski definition) is 4. The van der Waals surface area contributed by atoms with Crippen molar-refractivity contribution in [3.05, 3.63) is 12.5 Å². The molecule has 0 unspecified atom stereocenters. The van der Waals surface area contributed by atoms with E-state index in [0.29, 0.717) is 12.8 Å². The summed E-state index contributed by atoms with van der Waals surface area (Å²) in [5.74, 6) is -0.189. The first-order chi connectivity index (χ1) is 7.88. The highest BCUT2D eigenvalue weighted by atomic mass is 32.2. The van der Waals surface area contributed by atoms with Gasteiger partial charge in [-0.1, -0.05) is 13.8 Å². The molecule has 0 aromatic carbocycles. The molecule has 0 radical (unpaired) electrons. The molecule has 5 N–H and O–H groups in total. The van der Waals surface area contributed by atoms with Crippen LogP contribution in [0.3, 0.4) is 0 Å². The summed E-state index contributed by atoms with van der Waals surface area (Å²) >= 11 is 0. The lowest BCUT2D eigenvalue weighted by molar-refractivity contribution is 0.457. The topological polar surface area (TPSA) is 125 Å². The van der Waals surface area contributed by atoms with E-state index in [1.54, 1.807) is 13.8 Å². The number of nitrogens with zero attached hydrogens (tertiary/aromatic N) is 1. The van der Waals surface area contributed by atoms with E-state index in [4.69, 9.17) is 11.1 Å². The Balaban J connectivity index is 3.08. The van der Waals surface area contributed by atoms with E-state index in [1.807, 2.05) is 0 Å². The van der Waals surface area contributed by atoms with E-state index >= 15 is 0 Å². The second kappa shape index (κ2) is 4.84. The molecule has 0 bridgehead atoms. The molecule has 0 amide bonds. The Morgan fingerprint density at radius 3 is 2.53 bits per heavy atom. The molecule has 1 heterocycles. The van der Waals surface area contributed by atoms with E-state index in [9.17, 15) is 8.42 Å². The summed E-state index contributed by atoms with van der Waals surface area (Å²) in [5, 5.41) is 7.49. The predicted octanol–water partition coefficient (Wildman–Crippen LogP) is 0.183. The molecule has 17 heavy (non-hydrogen) atoms. The first kappa shape index (κ1) is 13.7. The molecule has 0 aliphatic rings. The quantitative estimate of drug-likeness (QED) is 0.429. The molecule has 96 valence electrons. The van der Waals surface area contributed by atoms with Crippen LogP contribution in [0.25, 0.3) is 0 Å². The summed E-state index contributed by atoms with van der Waals surface area (Å²) in [4.78, 5) is 6.17. The number of nitrogens with one attached hydrogen (secondary N) is 3. The summed E-state index contributed by atoms with van der Waals surface area (Å²) in [5.41, 5.74) is 4.45. The van der Waals surface area contributed by atoms with Gasteiger partial charge in [0.15, 0.2) is 5.03 Å². The van der Waals surface area contributed by atoms with Gasteiger partial charge in [0, 0.05) is 0 Å². The number of nitrogens with two attached hydrogens (primary N) is 1. The predicted molar refractivity (Wildman–Crippen MR) is 64.1 cm³/mol. The van der Waals surface area contributed by atoms with Gasteiger partial charge >= 0.3 is 0 Å². The Hall–Kier alpha value is -1.41. The Kier molecular flexibility index (Phi) is 3.89. The number of amidine groups is 1. The lowest BCUT2D eigenvalue weighted by Gasteiger charge is -2.30. The van der Waals surface area contributed by atoms with Crippen LogP contribution >= 0.6 is 0 Å². The average molecular weight is 259 g/mol. The Morgan fingerprint density at radius 1 is 1.59 bits per heavy atom. The average Bonchev–Trinajstić information content (AvgIpc) is 2.79. The Bertz CT molecular complexity index is 475. The maximum Gasteiger partial charge on any atom is 0.258 e. The van der Waals surface area contributed by atoms with Crippen LogP contribution in [-0.2, 0) is 10.0 Å². The maximum atomic E-state index is 12.0. The molecule has 0 spiro atoms. The van der Waals surface area contributed by atoms with Crippen LogP contribution < -0.4 is 10.5 Å². The highest BCUT2D eigenvalue weighted by Gasteiger charge is 2.35. The highest BCUT2D eigenvalue weighted by Crippen LogP contribution is 2.18. The largest absolute Gasteiger partial charge is 0.386 e. The van der Waals surface area contributed by atoms with Crippen LogP contribution in [0.2, 0.25) is 0 Å². The highest BCUT2D eigenvalue weighted by molar-refractivity contribution is 7.89. The van der Waals surface area contributed by atoms with Crippen LogP contribution in [0.4, 0.5) is 0 Å². The molecule has 7 nitrogen and oxygen atoms in total. The minimum atomic E-state index is -3.73. The van der Waals surface area contributed by atoms with Crippen molar-refractivity contribution in [3.8, 4) is 0 Å². The number of rotatable bonds is 6. The molecule has 1 aromatic heterocycles. The van der Waals surface area contributed by atoms with Gasteiger partial charge in [0.05, 0.1) is 18.1 Å². The Morgan fingerprint density at radius 2 is 2.18 bits per heavy atom. The lowest BCUT2D eigenvalue weighted by Crippen LogP contribution is -2.56. The summed E-state index contributed by atoms with van der Waals surface area (Å²) in [6.07, 6.45) is 3.30. The molecule has 0 saturated heterocycles. The van der Waals surface area contributed by atoms with Gasteiger partial charge in [0.25, 0.3) is 10.0 Å². The fourth-order valence-electron chi connectivity index (χ4n) is 1.53. The van der Waals surface area contributed by atoms with Crippen molar-refractivity contribution in [3.63, 3.8) is 0 Å². The van der Waals surface area contributed by atoms with Gasteiger partial charge in [0.1, 0.15) is 5.84 Å². The van der Waals surface area contributed by atoms with Crippen molar-refractivity contribution in [2.75, 3.05) is 0 Å². The standard InChI is InChI=1S/C9H17N5O2S/c1-3-9(4-2,8(10)11)14-17(15,16)7-5-12-6-13-7/h5-6,14H,3-4H2,1-2H3,(H3,10,11)(H,12,13). The van der Waals surface area contributed by atoms with Gasteiger partial charge in [-0.25, -0.2) is 13.4 Å². The van der Waals surface area contributed by atoms with Crippen LogP contribution in [-0.4, -0.2) is 29.8 Å². The number of imidazole rings is 1. The van der Waals surface area contributed by atoms with Crippen LogP contribution in [0.5, 0.6) is 0 Å². The first-order valence-corrected chi connectivity index (χ1v) is 6.73. The third kappa shape index (κ3) is 2.64. The molecule has 0 atom stereocenters. The summed E-state index contributed by atoms with van der Waals surface area (Å²) < 4.78 is 26.5. The van der Waals surface area contributed by atoms with Crippen molar-refractivity contribution < 1.29 is 8.42 Å². The van der Waals surface area contributed by atoms with E-state index in [-0.39, 0.29) is 10.9 Å². The summed E-state index contributed by atoms with van der Waals surface area (Å²) in [6.45, 7) is 3.56. The zero-order chi connectivity index (χ0) is 13.1. The van der Waals surface area contributed by atoms with Crippen LogP contribution in [0.1, 0.15) is 26.7 Å². The fourth-order valence-corrected chi connectivity index (χ4v) is 2.96. The number of aromatic nitrogens is 2. The minimum Gasteiger partial charge on any atom is -0.386 e. The van der Waals surface area contributed by atoms with Gasteiger partial charge in [-0.2, -0.15) is 4.72 Å². The molecule has 0 fully saturated rings. The van der Waals surface area contributed by atoms with Gasteiger partial charge in [-0.15, -0.1) is 0 Å². The zero-order valence-electron chi connectivity index (χ0n) is 9.82. The normalized spacial score (nSPS) is 12.6. The monoisotopic (exact) mass is 259 g/mol. The second-order valence-electron chi connectivity index (χ2n) is 3.72. The van der Waals surface area contributed by atoms with Gasteiger partial charge in [-0.3, -0.25) is 5.41 Å². The lowest BCUT2D eigenvalue weighted by atomic mass is 9.93. The zero-order valence-corrected chi connectivity index (χ0v) is 10.6. The van der Waals surface area contributed by atoms with Crippen molar-refractivity contribution in [2.24, 2.45) is 5.73 Å². The SMILES string of the molecule is CCC(CC)(NS(=O)(=O)c1cnc[nH]1)C(=N)N. The second-order valence-corrected chi connectivity index (χ2v) is 5.38. The minimum absolute atomic E-state index is 0.0370. The van der Waals surface area contributed by atoms with E-state index in [1.165, 1.54) is 12.5 Å². The molecule has 0 saturated carbocycles. The smallest absolute Gasteiger partial charge is 0.258 e. The van der Waals surface area contributed by atoms with Crippen molar-refractivity contribution in [1.29, 1.82) is 5.41 Å². The maximum absolute atomic E-state index is 12.0. The van der Waals surface area contributed by atoms with Gasteiger partial charge in [-0.05, 0) is 12.8 Å². The molecule has 0 aliphatic heterocycles. The van der Waals surface area contributed by atoms with Crippen LogP contribution in [0.15, 0.2) is 17.6 Å². The molecular weight excluding hydrogens is 242 g/mol. The third-order valence-corrected chi connectivity index (χ3v) is 4.28. The number of sulfonamides is 1. The molecule has 1 aromatic rings. The van der Waals surface area contributed by atoms with Gasteiger partial charge < -0.3 is 10.7 Å². The first-order valence-electron chi connectivity index (χ1n) is 5.25. The molecule has 8 heteroatoms. The summed E-state index contributed by atoms with van der Waals surface area (Å²) in [7, 11) is -3.73. The van der Waals surface area contributed by atoms with E-state index in [2.05, 4.69) is 14.7 Å². The fraction of sp³-hybridized carbons (Fsp3) is 0.556. The van der Waals surface area contributed by atoms with Crippen molar-refractivity contribution in [1.82, 2.24) is 14.7 Å². The van der Waals surface area contributed by atoms with Crippen molar-refractivity contribution in [2.45, 2.75) is 37.3 Å². The number of H-pyrrole nitrogens is 1. The molecule has 0 aliphatic carbocycles. The van der Waals surface area contributed by atoms with Gasteiger partial charge in [0.2, 0.25) is 0 Å². The third-order valence-electron chi connectivity index (χ3n) is 2.82. The number of aromatic amines is 1. The summed E-state index contributed by atoms with van der Waals surface area (Å²) in [6, 6.07) is 0. The van der Waals surface area contributed by atoms with Crippen molar-refractivity contribution >= 4 is 15.9 Å². The molecule has 1 rings (SSSR count). The molecular formula is C9H17N5O2S. The van der Waals surface area contributed by atoms with E-state index in [0.717, 1.165) is 0 Å². The van der Waals surface area contributed by atoms with E-state index < -0.39 is 15.6 Å². The van der Waals surface area contributed by atoms with Crippen LogP contribution in [0, 0.1) is 5.41 Å². The number of hydrogen-bond acceptors (Lipinski definition) is 4. The Labute approximate surface area is 100 Å².